The van der Waals surface area contributed by atoms with Gasteiger partial charge < -0.3 is 9.30 Å². The van der Waals surface area contributed by atoms with Crippen molar-refractivity contribution < 1.29 is 18.9 Å². The van der Waals surface area contributed by atoms with Crippen molar-refractivity contribution in [2.24, 2.45) is 5.92 Å². The lowest BCUT2D eigenvalue weighted by Gasteiger charge is -2.21. The second-order valence-corrected chi connectivity index (χ2v) is 10.9. The van der Waals surface area contributed by atoms with E-state index in [2.05, 4.69) is 0 Å². The van der Waals surface area contributed by atoms with Crippen molar-refractivity contribution in [2.75, 3.05) is 12.8 Å². The number of hydrogen-bond acceptors (Lipinski definition) is 4. The molecular weight excluding hydrogens is 383 g/mol. The van der Waals surface area contributed by atoms with E-state index in [0.29, 0.717) is 17.5 Å². The first-order valence-corrected chi connectivity index (χ1v) is 11.9. The quantitative estimate of drug-likeness (QED) is 0.432. The van der Waals surface area contributed by atoms with Gasteiger partial charge in [0.25, 0.3) is 0 Å². The minimum Gasteiger partial charge on any atom is -0.465 e. The molecule has 0 saturated heterocycles. The summed E-state index contributed by atoms with van der Waals surface area (Å²) in [5, 5.41) is 0.485. The molecule has 0 fully saturated rings. The summed E-state index contributed by atoms with van der Waals surface area (Å²) in [4.78, 5) is 25.8. The van der Waals surface area contributed by atoms with E-state index in [4.69, 9.17) is 4.74 Å². The highest BCUT2D eigenvalue weighted by molar-refractivity contribution is 7.87. The maximum atomic E-state index is 14.1. The molecular formula is C24H31O4P. The van der Waals surface area contributed by atoms with E-state index in [1.807, 2.05) is 53.7 Å². The number of ether oxygens (including phenoxy) is 1. The second kappa shape index (κ2) is 9.54. The molecule has 0 saturated carbocycles. The van der Waals surface area contributed by atoms with Crippen molar-refractivity contribution >= 4 is 23.9 Å². The largest absolute Gasteiger partial charge is 0.465 e. The van der Waals surface area contributed by atoms with E-state index in [9.17, 15) is 14.2 Å². The Kier molecular flexibility index (Phi) is 7.60. The molecule has 0 heterocycles. The van der Waals surface area contributed by atoms with Crippen molar-refractivity contribution in [3.05, 3.63) is 64.2 Å². The lowest BCUT2D eigenvalue weighted by atomic mass is 9.95. The number of aryl methyl sites for hydroxylation is 2. The van der Waals surface area contributed by atoms with E-state index in [1.165, 1.54) is 0 Å². The first kappa shape index (κ1) is 23.1. The topological polar surface area (TPSA) is 60.4 Å². The Balaban J connectivity index is 2.45. The first-order valence-electron chi connectivity index (χ1n) is 10.0. The van der Waals surface area contributed by atoms with Gasteiger partial charge in [-0.25, -0.2) is 0 Å². The second-order valence-electron chi connectivity index (χ2n) is 8.07. The number of esters is 1. The van der Waals surface area contributed by atoms with Crippen molar-refractivity contribution in [3.63, 3.8) is 0 Å². The Hall–Kier alpha value is -2.19. The van der Waals surface area contributed by atoms with Crippen LogP contribution in [0, 0.1) is 33.6 Å². The highest BCUT2D eigenvalue weighted by Gasteiger charge is 2.37. The van der Waals surface area contributed by atoms with Gasteiger partial charge in [-0.2, -0.15) is 0 Å². The van der Waals surface area contributed by atoms with Crippen molar-refractivity contribution in [1.29, 1.82) is 0 Å². The fraction of sp³-hybridized carbons (Fsp3) is 0.417. The lowest BCUT2D eigenvalue weighted by Crippen LogP contribution is -2.20. The van der Waals surface area contributed by atoms with E-state index in [-0.39, 0.29) is 24.0 Å². The minimum absolute atomic E-state index is 0.0292. The Bertz CT molecular complexity index is 945. The molecule has 0 aliphatic heterocycles. The zero-order chi connectivity index (χ0) is 21.8. The molecule has 0 amide bonds. The standard InChI is InChI=1S/C24H31O4P/c1-16(2)15-28-22(25)12-13-29(27,21-10-8-7-9-11-21)24(26)23-18(4)14-17(3)19(5)20(23)6/h7-11,14,16H,12-13,15H2,1-6H3. The van der Waals surface area contributed by atoms with Crippen molar-refractivity contribution in [1.82, 2.24) is 0 Å². The summed E-state index contributed by atoms with van der Waals surface area (Å²) in [6.07, 6.45) is -0.0772. The number of rotatable bonds is 8. The molecule has 0 aliphatic rings. The molecule has 2 aromatic carbocycles. The smallest absolute Gasteiger partial charge is 0.306 e. The Labute approximate surface area is 174 Å². The molecule has 156 valence electrons. The number of hydrogen-bond donors (Lipinski definition) is 0. The van der Waals surface area contributed by atoms with Gasteiger partial charge in [-0.3, -0.25) is 9.59 Å². The van der Waals surface area contributed by atoms with Crippen LogP contribution in [0.5, 0.6) is 0 Å². The summed E-state index contributed by atoms with van der Waals surface area (Å²) in [6, 6.07) is 10.7. The van der Waals surface area contributed by atoms with Gasteiger partial charge in [-0.05, 0) is 55.9 Å². The molecule has 1 unspecified atom stereocenters. The average Bonchev–Trinajstić information content (AvgIpc) is 2.69. The zero-order valence-corrected chi connectivity index (χ0v) is 19.1. The van der Waals surface area contributed by atoms with Crippen LogP contribution in [0.3, 0.4) is 0 Å². The maximum Gasteiger partial charge on any atom is 0.306 e. The van der Waals surface area contributed by atoms with Crippen molar-refractivity contribution in [2.45, 2.75) is 48.0 Å². The van der Waals surface area contributed by atoms with Gasteiger partial charge in [0.1, 0.15) is 0 Å². The van der Waals surface area contributed by atoms with Crippen LogP contribution >= 0.6 is 7.14 Å². The molecule has 4 nitrogen and oxygen atoms in total. The van der Waals surface area contributed by atoms with Gasteiger partial charge in [-0.1, -0.05) is 50.2 Å². The Morgan fingerprint density at radius 2 is 1.59 bits per heavy atom. The third-order valence-corrected chi connectivity index (χ3v) is 8.15. The van der Waals surface area contributed by atoms with Gasteiger partial charge in [-0.15, -0.1) is 0 Å². The van der Waals surface area contributed by atoms with Crippen LogP contribution in [0.25, 0.3) is 0 Å². The van der Waals surface area contributed by atoms with Gasteiger partial charge in [0.05, 0.1) is 13.0 Å². The molecule has 29 heavy (non-hydrogen) atoms. The third-order valence-electron chi connectivity index (χ3n) is 5.28. The maximum absolute atomic E-state index is 14.1. The van der Waals surface area contributed by atoms with Gasteiger partial charge >= 0.3 is 5.97 Å². The van der Waals surface area contributed by atoms with Crippen LogP contribution in [0.2, 0.25) is 0 Å². The molecule has 0 N–H and O–H groups in total. The monoisotopic (exact) mass is 414 g/mol. The summed E-state index contributed by atoms with van der Waals surface area (Å²) >= 11 is 0. The average molecular weight is 414 g/mol. The Morgan fingerprint density at radius 3 is 2.17 bits per heavy atom. The molecule has 0 aliphatic carbocycles. The SMILES string of the molecule is Cc1cc(C)c(C(=O)P(=O)(CCC(=O)OCC(C)C)c2ccccc2)c(C)c1C. The van der Waals surface area contributed by atoms with Crippen molar-refractivity contribution in [3.8, 4) is 0 Å². The predicted molar refractivity (Wildman–Crippen MR) is 119 cm³/mol. The molecule has 1 atom stereocenters. The van der Waals surface area contributed by atoms with E-state index >= 15 is 0 Å². The highest BCUT2D eigenvalue weighted by atomic mass is 31.2. The van der Waals surface area contributed by atoms with Crippen LogP contribution in [0.1, 0.15) is 52.9 Å². The van der Waals surface area contributed by atoms with E-state index in [1.54, 1.807) is 24.3 Å². The molecule has 2 aromatic rings. The molecule has 2 rings (SSSR count). The summed E-state index contributed by atoms with van der Waals surface area (Å²) in [5.41, 5.74) is 3.92. The van der Waals surface area contributed by atoms with Crippen LogP contribution in [-0.2, 0) is 14.1 Å². The van der Waals surface area contributed by atoms with Crippen LogP contribution in [-0.4, -0.2) is 24.3 Å². The van der Waals surface area contributed by atoms with Crippen LogP contribution in [0.15, 0.2) is 36.4 Å². The third kappa shape index (κ3) is 5.25. The normalized spacial score (nSPS) is 13.2. The number of benzene rings is 2. The fourth-order valence-electron chi connectivity index (χ4n) is 3.39. The van der Waals surface area contributed by atoms with E-state index < -0.39 is 13.1 Å². The van der Waals surface area contributed by atoms with Gasteiger partial charge in [0, 0.05) is 17.0 Å². The summed E-state index contributed by atoms with van der Waals surface area (Å²) in [6.45, 7) is 12.0. The number of carbonyl (C=O) groups excluding carboxylic acids is 2. The van der Waals surface area contributed by atoms with Crippen LogP contribution < -0.4 is 5.30 Å². The van der Waals surface area contributed by atoms with Crippen LogP contribution in [0.4, 0.5) is 0 Å². The van der Waals surface area contributed by atoms with Gasteiger partial charge in [0.2, 0.25) is 5.52 Å². The summed E-state index contributed by atoms with van der Waals surface area (Å²) in [5.74, 6) is -0.196. The minimum atomic E-state index is -3.51. The molecule has 5 heteroatoms. The zero-order valence-electron chi connectivity index (χ0n) is 18.2. The van der Waals surface area contributed by atoms with Gasteiger partial charge in [0.15, 0.2) is 7.14 Å². The number of carbonyl (C=O) groups is 2. The molecule has 0 spiro atoms. The summed E-state index contributed by atoms with van der Waals surface area (Å²) in [7, 11) is -3.51. The highest BCUT2D eigenvalue weighted by Crippen LogP contribution is 2.49. The summed E-state index contributed by atoms with van der Waals surface area (Å²) < 4.78 is 19.3. The predicted octanol–water partition coefficient (Wildman–Crippen LogP) is 5.34. The Morgan fingerprint density at radius 1 is 0.966 bits per heavy atom. The first-order chi connectivity index (χ1) is 13.6. The van der Waals surface area contributed by atoms with E-state index in [0.717, 1.165) is 22.3 Å². The molecule has 0 aromatic heterocycles. The lowest BCUT2D eigenvalue weighted by molar-refractivity contribution is -0.144. The fourth-order valence-corrected chi connectivity index (χ4v) is 5.94. The molecule has 0 bridgehead atoms. The molecule has 0 radical (unpaired) electrons.